The van der Waals surface area contributed by atoms with Gasteiger partial charge in [-0.05, 0) is 13.3 Å². The van der Waals surface area contributed by atoms with Crippen LogP contribution < -0.4 is 0 Å². The Labute approximate surface area is 126 Å². The number of fused-ring (bicyclic) bond motifs is 1. The lowest BCUT2D eigenvalue weighted by atomic mass is 10.0. The van der Waals surface area contributed by atoms with Crippen LogP contribution in [-0.2, 0) is 11.2 Å². The second kappa shape index (κ2) is 5.20. The van der Waals surface area contributed by atoms with E-state index in [1.54, 1.807) is 11.8 Å². The third-order valence-electron chi connectivity index (χ3n) is 4.22. The van der Waals surface area contributed by atoms with Crippen LogP contribution in [0.4, 0.5) is 0 Å². The van der Waals surface area contributed by atoms with Gasteiger partial charge in [0.1, 0.15) is 6.26 Å². The average Bonchev–Trinajstić information content (AvgIpc) is 3.21. The highest BCUT2D eigenvalue weighted by Crippen LogP contribution is 2.34. The molecule has 4 heterocycles. The van der Waals surface area contributed by atoms with E-state index < -0.39 is 0 Å². The van der Waals surface area contributed by atoms with Crippen molar-refractivity contribution >= 4 is 5.91 Å². The third-order valence-corrected chi connectivity index (χ3v) is 4.22. The second-order valence-electron chi connectivity index (χ2n) is 5.82. The SMILES string of the molecule is Cc1noc(C[C@H]2C[C@H]3CN(C(=O)c4cocn4)C[C@H]3O2)n1. The van der Waals surface area contributed by atoms with Crippen LogP contribution in [0.1, 0.15) is 28.6 Å². The predicted molar refractivity (Wildman–Crippen MR) is 71.9 cm³/mol. The molecule has 1 amide bonds. The Bertz CT molecular complexity index is 654. The first-order chi connectivity index (χ1) is 10.7. The van der Waals surface area contributed by atoms with Crippen molar-refractivity contribution in [2.24, 2.45) is 5.92 Å². The standard InChI is InChI=1S/C14H16N4O4/c1-8-16-13(22-17-8)3-10-2-9-4-18(5-12(9)21-10)14(19)11-6-20-7-15-11/h6-7,9-10,12H,2-5H2,1H3/t9-,10+,12+/m0/s1. The molecule has 0 aromatic carbocycles. The summed E-state index contributed by atoms with van der Waals surface area (Å²) >= 11 is 0. The minimum Gasteiger partial charge on any atom is -0.451 e. The highest BCUT2D eigenvalue weighted by atomic mass is 16.5. The first-order valence-electron chi connectivity index (χ1n) is 7.31. The third kappa shape index (κ3) is 2.39. The van der Waals surface area contributed by atoms with Crippen molar-refractivity contribution in [3.05, 3.63) is 30.1 Å². The number of hydrogen-bond acceptors (Lipinski definition) is 7. The number of amides is 1. The molecule has 0 N–H and O–H groups in total. The molecule has 2 fully saturated rings. The molecule has 0 aliphatic carbocycles. The fraction of sp³-hybridized carbons (Fsp3) is 0.571. The van der Waals surface area contributed by atoms with Crippen molar-refractivity contribution in [1.82, 2.24) is 20.0 Å². The molecular formula is C14H16N4O4. The Kier molecular flexibility index (Phi) is 3.18. The Morgan fingerprint density at radius 1 is 1.45 bits per heavy atom. The maximum absolute atomic E-state index is 12.2. The Morgan fingerprint density at radius 3 is 3.05 bits per heavy atom. The number of ether oxygens (including phenoxy) is 1. The van der Waals surface area contributed by atoms with Crippen LogP contribution in [0.25, 0.3) is 0 Å². The van der Waals surface area contributed by atoms with E-state index in [-0.39, 0.29) is 18.1 Å². The van der Waals surface area contributed by atoms with Gasteiger partial charge >= 0.3 is 0 Å². The molecular weight excluding hydrogens is 288 g/mol. The molecule has 4 rings (SSSR count). The normalized spacial score (nSPS) is 27.3. The van der Waals surface area contributed by atoms with E-state index in [1.807, 2.05) is 0 Å². The zero-order valence-electron chi connectivity index (χ0n) is 12.1. The number of hydrogen-bond donors (Lipinski definition) is 0. The molecule has 2 aromatic heterocycles. The lowest BCUT2D eigenvalue weighted by molar-refractivity contribution is 0.0329. The van der Waals surface area contributed by atoms with E-state index in [0.29, 0.717) is 42.8 Å². The van der Waals surface area contributed by atoms with Gasteiger partial charge in [0.05, 0.1) is 18.6 Å². The molecule has 2 aliphatic rings. The molecule has 22 heavy (non-hydrogen) atoms. The maximum atomic E-state index is 12.2. The topological polar surface area (TPSA) is 94.5 Å². The quantitative estimate of drug-likeness (QED) is 0.829. The van der Waals surface area contributed by atoms with Gasteiger partial charge in [-0.2, -0.15) is 4.98 Å². The van der Waals surface area contributed by atoms with Gasteiger partial charge in [0.15, 0.2) is 17.9 Å². The number of aromatic nitrogens is 3. The minimum atomic E-state index is -0.101. The van der Waals surface area contributed by atoms with Crippen LogP contribution in [-0.4, -0.2) is 51.2 Å². The van der Waals surface area contributed by atoms with E-state index in [4.69, 9.17) is 13.7 Å². The smallest absolute Gasteiger partial charge is 0.275 e. The van der Waals surface area contributed by atoms with E-state index in [1.165, 1.54) is 12.7 Å². The molecule has 0 unspecified atom stereocenters. The highest BCUT2D eigenvalue weighted by molar-refractivity contribution is 5.92. The number of likely N-dealkylation sites (tertiary alicyclic amines) is 1. The first-order valence-corrected chi connectivity index (χ1v) is 7.31. The number of nitrogens with zero attached hydrogens (tertiary/aromatic N) is 4. The summed E-state index contributed by atoms with van der Waals surface area (Å²) < 4.78 is 16.0. The molecule has 2 saturated heterocycles. The van der Waals surface area contributed by atoms with Crippen LogP contribution in [0, 0.1) is 12.8 Å². The molecule has 3 atom stereocenters. The summed E-state index contributed by atoms with van der Waals surface area (Å²) in [5.41, 5.74) is 0.345. The molecule has 0 spiro atoms. The summed E-state index contributed by atoms with van der Waals surface area (Å²) in [4.78, 5) is 22.1. The van der Waals surface area contributed by atoms with Crippen molar-refractivity contribution in [2.75, 3.05) is 13.1 Å². The lowest BCUT2D eigenvalue weighted by Gasteiger charge is -2.17. The van der Waals surface area contributed by atoms with Crippen molar-refractivity contribution < 1.29 is 18.5 Å². The van der Waals surface area contributed by atoms with Crippen LogP contribution in [0.15, 0.2) is 21.6 Å². The van der Waals surface area contributed by atoms with E-state index in [2.05, 4.69) is 15.1 Å². The summed E-state index contributed by atoms with van der Waals surface area (Å²) in [7, 11) is 0. The molecule has 8 heteroatoms. The molecule has 116 valence electrons. The van der Waals surface area contributed by atoms with Gasteiger partial charge in [0.25, 0.3) is 5.91 Å². The first kappa shape index (κ1) is 13.4. The number of carbonyl (C=O) groups is 1. The molecule has 8 nitrogen and oxygen atoms in total. The average molecular weight is 304 g/mol. The van der Waals surface area contributed by atoms with Crippen molar-refractivity contribution in [3.8, 4) is 0 Å². The van der Waals surface area contributed by atoms with Gasteiger partial charge in [-0.1, -0.05) is 5.16 Å². The van der Waals surface area contributed by atoms with Gasteiger partial charge in [-0.3, -0.25) is 4.79 Å². The van der Waals surface area contributed by atoms with Crippen molar-refractivity contribution in [1.29, 1.82) is 0 Å². The summed E-state index contributed by atoms with van der Waals surface area (Å²) in [5, 5.41) is 3.78. The number of oxazole rings is 1. The second-order valence-corrected chi connectivity index (χ2v) is 5.82. The van der Waals surface area contributed by atoms with Crippen LogP contribution in [0.3, 0.4) is 0 Å². The van der Waals surface area contributed by atoms with Gasteiger partial charge in [0.2, 0.25) is 5.89 Å². The fourth-order valence-corrected chi connectivity index (χ4v) is 3.26. The molecule has 2 aliphatic heterocycles. The lowest BCUT2D eigenvalue weighted by Crippen LogP contribution is -2.31. The summed E-state index contributed by atoms with van der Waals surface area (Å²) in [6.07, 6.45) is 4.32. The summed E-state index contributed by atoms with van der Waals surface area (Å²) in [5.74, 6) is 1.50. The van der Waals surface area contributed by atoms with Gasteiger partial charge in [0, 0.05) is 19.0 Å². The summed E-state index contributed by atoms with van der Waals surface area (Å²) in [6, 6.07) is 0. The maximum Gasteiger partial charge on any atom is 0.275 e. The number of rotatable bonds is 3. The number of carbonyl (C=O) groups excluding carboxylic acids is 1. The van der Waals surface area contributed by atoms with Crippen LogP contribution >= 0.6 is 0 Å². The fourth-order valence-electron chi connectivity index (χ4n) is 3.26. The Morgan fingerprint density at radius 2 is 2.36 bits per heavy atom. The largest absolute Gasteiger partial charge is 0.451 e. The van der Waals surface area contributed by atoms with Gasteiger partial charge in [-0.15, -0.1) is 0 Å². The van der Waals surface area contributed by atoms with E-state index in [9.17, 15) is 4.79 Å². The zero-order valence-corrected chi connectivity index (χ0v) is 12.1. The Balaban J connectivity index is 1.35. The monoisotopic (exact) mass is 304 g/mol. The zero-order chi connectivity index (χ0) is 15.1. The predicted octanol–water partition coefficient (Wildman–Crippen LogP) is 0.838. The summed E-state index contributed by atoms with van der Waals surface area (Å²) in [6.45, 7) is 3.08. The Hall–Kier alpha value is -2.22. The molecule has 0 saturated carbocycles. The van der Waals surface area contributed by atoms with Crippen molar-refractivity contribution in [2.45, 2.75) is 32.0 Å². The van der Waals surface area contributed by atoms with E-state index >= 15 is 0 Å². The number of aryl methyl sites for hydroxylation is 1. The van der Waals surface area contributed by atoms with Crippen LogP contribution in [0.5, 0.6) is 0 Å². The van der Waals surface area contributed by atoms with Crippen LogP contribution in [0.2, 0.25) is 0 Å². The molecule has 0 radical (unpaired) electrons. The minimum absolute atomic E-state index is 0.0740. The molecule has 2 aromatic rings. The van der Waals surface area contributed by atoms with Crippen molar-refractivity contribution in [3.63, 3.8) is 0 Å². The van der Waals surface area contributed by atoms with E-state index in [0.717, 1.165) is 6.42 Å². The molecule has 0 bridgehead atoms. The highest BCUT2D eigenvalue weighted by Gasteiger charge is 2.44. The van der Waals surface area contributed by atoms with Gasteiger partial charge < -0.3 is 18.6 Å². The van der Waals surface area contributed by atoms with Gasteiger partial charge in [-0.25, -0.2) is 4.98 Å².